The maximum absolute atomic E-state index is 12.7. The van der Waals surface area contributed by atoms with Crippen molar-refractivity contribution in [3.05, 3.63) is 68.1 Å². The van der Waals surface area contributed by atoms with Crippen LogP contribution in [0.25, 0.3) is 0 Å². The summed E-state index contributed by atoms with van der Waals surface area (Å²) in [6.45, 7) is 3.82. The zero-order valence-electron chi connectivity index (χ0n) is 15.7. The van der Waals surface area contributed by atoms with Crippen molar-refractivity contribution in [2.75, 3.05) is 5.32 Å². The lowest BCUT2D eigenvalue weighted by molar-refractivity contribution is -0.389. The summed E-state index contributed by atoms with van der Waals surface area (Å²) >= 11 is 12.4. The second kappa shape index (κ2) is 8.62. The molecule has 1 aromatic carbocycles. The lowest BCUT2D eigenvalue weighted by Crippen LogP contribution is -2.27. The second-order valence-electron chi connectivity index (χ2n) is 6.39. The van der Waals surface area contributed by atoms with Crippen LogP contribution in [0.4, 0.5) is 11.5 Å². The third kappa shape index (κ3) is 4.57. The normalized spacial score (nSPS) is 12.0. The fraction of sp³-hybridized carbons (Fsp3) is 0.278. The number of nitrogens with zero attached hydrogens (tertiary/aromatic N) is 5. The highest BCUT2D eigenvalue weighted by molar-refractivity contribution is 6.35. The monoisotopic (exact) mass is 436 g/mol. The highest BCUT2D eigenvalue weighted by atomic mass is 35.5. The Morgan fingerprint density at radius 3 is 2.62 bits per heavy atom. The molecule has 1 N–H and O–H groups in total. The smallest absolute Gasteiger partial charge is 0.358 e. The molecule has 1 unspecified atom stereocenters. The number of halogens is 2. The number of benzene rings is 1. The molecule has 0 saturated heterocycles. The molecule has 0 bridgehead atoms. The Kier molecular flexibility index (Phi) is 6.19. The standard InChI is InChI=1S/C18H18Cl2N6O3/c1-3-16(25-11(2)7-17(23-25)26(28)29)18(27)22-12-8-21-24(9-12)10-13-14(19)5-4-6-15(13)20/h4-9,16H,3,10H2,1-2H3,(H,22,27). The molecular weight excluding hydrogens is 419 g/mol. The molecule has 0 fully saturated rings. The quantitative estimate of drug-likeness (QED) is 0.439. The number of rotatable bonds is 7. The number of hydrogen-bond donors (Lipinski definition) is 1. The highest BCUT2D eigenvalue weighted by Gasteiger charge is 2.27. The number of amides is 1. The Morgan fingerprint density at radius 2 is 2.03 bits per heavy atom. The predicted octanol–water partition coefficient (Wildman–Crippen LogP) is 4.24. The maximum atomic E-state index is 12.7. The van der Waals surface area contributed by atoms with E-state index >= 15 is 0 Å². The van der Waals surface area contributed by atoms with E-state index in [1.165, 1.54) is 16.9 Å². The molecule has 152 valence electrons. The number of carbonyl (C=O) groups is 1. The van der Waals surface area contributed by atoms with Gasteiger partial charge in [-0.1, -0.05) is 36.2 Å². The van der Waals surface area contributed by atoms with Crippen molar-refractivity contribution in [1.29, 1.82) is 0 Å². The summed E-state index contributed by atoms with van der Waals surface area (Å²) in [5, 5.41) is 22.9. The number of aryl methyl sites for hydroxylation is 1. The van der Waals surface area contributed by atoms with Gasteiger partial charge in [-0.3, -0.25) is 9.48 Å². The second-order valence-corrected chi connectivity index (χ2v) is 7.20. The summed E-state index contributed by atoms with van der Waals surface area (Å²) in [4.78, 5) is 23.1. The molecule has 0 aliphatic heterocycles. The Morgan fingerprint density at radius 1 is 1.34 bits per heavy atom. The molecule has 3 rings (SSSR count). The van der Waals surface area contributed by atoms with Crippen molar-refractivity contribution >= 4 is 40.6 Å². The van der Waals surface area contributed by atoms with Crippen molar-refractivity contribution < 1.29 is 9.72 Å². The number of carbonyl (C=O) groups excluding carboxylic acids is 1. The van der Waals surface area contributed by atoms with E-state index in [9.17, 15) is 14.9 Å². The fourth-order valence-corrected chi connectivity index (χ4v) is 3.45. The summed E-state index contributed by atoms with van der Waals surface area (Å²) in [5.41, 5.74) is 1.74. The first kappa shape index (κ1) is 20.8. The first-order valence-corrected chi connectivity index (χ1v) is 9.52. The van der Waals surface area contributed by atoms with E-state index in [4.69, 9.17) is 23.2 Å². The Bertz CT molecular complexity index is 1040. The van der Waals surface area contributed by atoms with Crippen LogP contribution in [0.1, 0.15) is 30.6 Å². The van der Waals surface area contributed by atoms with Gasteiger partial charge in [-0.2, -0.15) is 9.78 Å². The van der Waals surface area contributed by atoms with E-state index < -0.39 is 11.0 Å². The average Bonchev–Trinajstić information content (AvgIpc) is 3.26. The molecule has 2 aromatic heterocycles. The number of anilines is 1. The molecule has 29 heavy (non-hydrogen) atoms. The van der Waals surface area contributed by atoms with Crippen LogP contribution in [0.5, 0.6) is 0 Å². The van der Waals surface area contributed by atoms with Gasteiger partial charge in [0.2, 0.25) is 0 Å². The van der Waals surface area contributed by atoms with E-state index in [0.29, 0.717) is 34.4 Å². The summed E-state index contributed by atoms with van der Waals surface area (Å²) in [5.74, 6) is -0.637. The van der Waals surface area contributed by atoms with Crippen LogP contribution in [-0.2, 0) is 11.3 Å². The van der Waals surface area contributed by atoms with Crippen LogP contribution in [0.3, 0.4) is 0 Å². The minimum absolute atomic E-state index is 0.293. The zero-order valence-corrected chi connectivity index (χ0v) is 17.2. The average molecular weight is 437 g/mol. The summed E-state index contributed by atoms with van der Waals surface area (Å²) < 4.78 is 2.97. The SMILES string of the molecule is CCC(C(=O)Nc1cnn(Cc2c(Cl)cccc2Cl)c1)n1nc([N+](=O)[O-])cc1C. The lowest BCUT2D eigenvalue weighted by atomic mass is 10.2. The van der Waals surface area contributed by atoms with Crippen molar-refractivity contribution in [1.82, 2.24) is 19.6 Å². The lowest BCUT2D eigenvalue weighted by Gasteiger charge is -2.13. The third-order valence-corrected chi connectivity index (χ3v) is 5.07. The Labute approximate surface area is 176 Å². The van der Waals surface area contributed by atoms with E-state index in [1.807, 2.05) is 0 Å². The molecular formula is C18H18Cl2N6O3. The molecule has 0 saturated carbocycles. The van der Waals surface area contributed by atoms with E-state index in [1.54, 1.807) is 42.9 Å². The van der Waals surface area contributed by atoms with E-state index in [-0.39, 0.29) is 11.7 Å². The van der Waals surface area contributed by atoms with Crippen molar-refractivity contribution in [2.24, 2.45) is 0 Å². The topological polar surface area (TPSA) is 108 Å². The van der Waals surface area contributed by atoms with Gasteiger partial charge in [0, 0.05) is 21.8 Å². The summed E-state index contributed by atoms with van der Waals surface area (Å²) in [7, 11) is 0. The molecule has 9 nitrogen and oxygen atoms in total. The van der Waals surface area contributed by atoms with Crippen LogP contribution >= 0.6 is 23.2 Å². The van der Waals surface area contributed by atoms with Gasteiger partial charge in [-0.15, -0.1) is 0 Å². The molecule has 0 spiro atoms. The number of nitrogens with one attached hydrogen (secondary N) is 1. The highest BCUT2D eigenvalue weighted by Crippen LogP contribution is 2.25. The van der Waals surface area contributed by atoms with Gasteiger partial charge in [-0.25, -0.2) is 0 Å². The van der Waals surface area contributed by atoms with Gasteiger partial charge >= 0.3 is 5.82 Å². The molecule has 11 heteroatoms. The first-order chi connectivity index (χ1) is 13.8. The Balaban J connectivity index is 1.74. The minimum atomic E-state index is -0.690. The summed E-state index contributed by atoms with van der Waals surface area (Å²) in [6.07, 6.45) is 3.57. The summed E-state index contributed by atoms with van der Waals surface area (Å²) in [6, 6.07) is 5.89. The number of hydrogen-bond acceptors (Lipinski definition) is 5. The predicted molar refractivity (Wildman–Crippen MR) is 109 cm³/mol. The van der Waals surface area contributed by atoms with Gasteiger partial charge in [0.25, 0.3) is 5.91 Å². The van der Waals surface area contributed by atoms with Gasteiger partial charge in [-0.05, 0) is 30.4 Å². The molecule has 3 aromatic rings. The van der Waals surface area contributed by atoms with Gasteiger partial charge in [0.15, 0.2) is 6.04 Å². The third-order valence-electron chi connectivity index (χ3n) is 4.36. The zero-order chi connectivity index (χ0) is 21.1. The molecule has 0 aliphatic rings. The van der Waals surface area contributed by atoms with E-state index in [2.05, 4.69) is 15.5 Å². The molecule has 2 heterocycles. The number of nitro groups is 1. The molecule has 0 aliphatic carbocycles. The molecule has 1 atom stereocenters. The number of aromatic nitrogens is 4. The van der Waals surface area contributed by atoms with Crippen LogP contribution in [0.15, 0.2) is 36.7 Å². The van der Waals surface area contributed by atoms with Gasteiger partial charge in [0.1, 0.15) is 0 Å². The maximum Gasteiger partial charge on any atom is 0.390 e. The van der Waals surface area contributed by atoms with Crippen LogP contribution in [0.2, 0.25) is 10.0 Å². The van der Waals surface area contributed by atoms with Crippen LogP contribution < -0.4 is 5.32 Å². The van der Waals surface area contributed by atoms with Gasteiger partial charge in [0.05, 0.1) is 35.3 Å². The van der Waals surface area contributed by atoms with Crippen molar-refractivity contribution in [3.8, 4) is 0 Å². The van der Waals surface area contributed by atoms with Gasteiger partial charge < -0.3 is 15.4 Å². The van der Waals surface area contributed by atoms with Crippen LogP contribution in [0, 0.1) is 17.0 Å². The van der Waals surface area contributed by atoms with Crippen molar-refractivity contribution in [3.63, 3.8) is 0 Å². The molecule has 1 amide bonds. The molecule has 0 radical (unpaired) electrons. The first-order valence-electron chi connectivity index (χ1n) is 8.77. The minimum Gasteiger partial charge on any atom is -0.358 e. The largest absolute Gasteiger partial charge is 0.390 e. The van der Waals surface area contributed by atoms with Crippen molar-refractivity contribution in [2.45, 2.75) is 32.9 Å². The van der Waals surface area contributed by atoms with E-state index in [0.717, 1.165) is 5.56 Å². The van der Waals surface area contributed by atoms with Crippen LogP contribution in [-0.4, -0.2) is 30.4 Å². The Hall–Kier alpha value is -2.91. The fourth-order valence-electron chi connectivity index (χ4n) is 2.93.